The van der Waals surface area contributed by atoms with Crippen LogP contribution in [0.25, 0.3) is 4.96 Å². The molecule has 0 saturated carbocycles. The van der Waals surface area contributed by atoms with E-state index in [1.165, 1.54) is 25.6 Å². The van der Waals surface area contributed by atoms with E-state index in [2.05, 4.69) is 15.4 Å². The average Bonchev–Trinajstić information content (AvgIpc) is 3.05. The summed E-state index contributed by atoms with van der Waals surface area (Å²) in [5.41, 5.74) is 1.32. The molecule has 2 aromatic heterocycles. The van der Waals surface area contributed by atoms with Crippen molar-refractivity contribution in [3.63, 3.8) is 0 Å². The second kappa shape index (κ2) is 5.88. The van der Waals surface area contributed by atoms with Crippen LogP contribution in [0.3, 0.4) is 0 Å². The molecule has 0 atom stereocenters. The summed E-state index contributed by atoms with van der Waals surface area (Å²) >= 11 is 1.53. The smallest absolute Gasteiger partial charge is 0.265 e. The number of hydrogen-bond donors (Lipinski definition) is 1. The third-order valence-corrected chi connectivity index (χ3v) is 4.58. The number of carbonyl (C=O) groups is 1. The molecule has 0 spiro atoms. The van der Waals surface area contributed by atoms with E-state index in [4.69, 9.17) is 9.47 Å². The molecule has 0 bridgehead atoms. The van der Waals surface area contributed by atoms with Gasteiger partial charge >= 0.3 is 0 Å². The lowest BCUT2D eigenvalue weighted by Crippen LogP contribution is -2.15. The van der Waals surface area contributed by atoms with Gasteiger partial charge in [-0.2, -0.15) is 4.98 Å². The molecule has 0 aliphatic heterocycles. The average molecular weight is 332 g/mol. The Bertz CT molecular complexity index is 862. The first kappa shape index (κ1) is 15.3. The number of rotatable bonds is 4. The predicted octanol–water partition coefficient (Wildman–Crippen LogP) is 2.68. The van der Waals surface area contributed by atoms with Gasteiger partial charge in [0.1, 0.15) is 17.1 Å². The van der Waals surface area contributed by atoms with E-state index < -0.39 is 0 Å². The molecular formula is C15H16N4O3S. The second-order valence-corrected chi connectivity index (χ2v) is 6.05. The number of benzene rings is 1. The lowest BCUT2D eigenvalue weighted by molar-refractivity contribution is 0.102. The number of thiazole rings is 1. The number of hydrogen-bond acceptors (Lipinski definition) is 6. The third kappa shape index (κ3) is 2.61. The van der Waals surface area contributed by atoms with Crippen molar-refractivity contribution in [2.24, 2.45) is 0 Å². The summed E-state index contributed by atoms with van der Waals surface area (Å²) in [6.45, 7) is 3.97. The van der Waals surface area contributed by atoms with Crippen LogP contribution < -0.4 is 14.8 Å². The van der Waals surface area contributed by atoms with Crippen LogP contribution >= 0.6 is 11.3 Å². The van der Waals surface area contributed by atoms with Crippen molar-refractivity contribution in [1.82, 2.24) is 14.6 Å². The summed E-state index contributed by atoms with van der Waals surface area (Å²) in [6, 6.07) is 5.15. The van der Waals surface area contributed by atoms with E-state index in [1.54, 1.807) is 22.7 Å². The van der Waals surface area contributed by atoms with E-state index in [0.29, 0.717) is 17.1 Å². The van der Waals surface area contributed by atoms with E-state index >= 15 is 0 Å². The predicted molar refractivity (Wildman–Crippen MR) is 87.8 cm³/mol. The fourth-order valence-electron chi connectivity index (χ4n) is 2.23. The topological polar surface area (TPSA) is 77.8 Å². The van der Waals surface area contributed by atoms with Gasteiger partial charge in [0.25, 0.3) is 11.9 Å². The van der Waals surface area contributed by atoms with Crippen LogP contribution in [0.2, 0.25) is 0 Å². The summed E-state index contributed by atoms with van der Waals surface area (Å²) in [6.07, 6.45) is 0. The van der Waals surface area contributed by atoms with Crippen LogP contribution in [-0.2, 0) is 0 Å². The quantitative estimate of drug-likeness (QED) is 0.795. The number of aromatic nitrogens is 3. The van der Waals surface area contributed by atoms with Crippen molar-refractivity contribution < 1.29 is 14.3 Å². The van der Waals surface area contributed by atoms with Gasteiger partial charge in [-0.3, -0.25) is 10.1 Å². The van der Waals surface area contributed by atoms with Crippen LogP contribution in [0.4, 0.5) is 5.95 Å². The largest absolute Gasteiger partial charge is 0.496 e. The minimum absolute atomic E-state index is 0.248. The molecule has 23 heavy (non-hydrogen) atoms. The van der Waals surface area contributed by atoms with E-state index in [0.717, 1.165) is 15.5 Å². The maximum Gasteiger partial charge on any atom is 0.265 e. The Labute approximate surface area is 136 Å². The number of methoxy groups -OCH3 is 2. The fraction of sp³-hybridized carbons (Fsp3) is 0.267. The number of carbonyl (C=O) groups excluding carboxylic acids is 1. The van der Waals surface area contributed by atoms with Gasteiger partial charge < -0.3 is 9.47 Å². The Morgan fingerprint density at radius 1 is 1.22 bits per heavy atom. The molecule has 0 fully saturated rings. The number of ether oxygens (including phenoxy) is 2. The molecule has 0 aliphatic rings. The molecular weight excluding hydrogens is 316 g/mol. The Balaban J connectivity index is 1.94. The number of amides is 1. The molecule has 120 valence electrons. The van der Waals surface area contributed by atoms with E-state index in [9.17, 15) is 4.79 Å². The number of nitrogens with zero attached hydrogens (tertiary/aromatic N) is 3. The van der Waals surface area contributed by atoms with Gasteiger partial charge in [0.2, 0.25) is 4.96 Å². The second-order valence-electron chi connectivity index (χ2n) is 4.87. The molecule has 0 unspecified atom stereocenters. The van der Waals surface area contributed by atoms with Crippen molar-refractivity contribution in [3.8, 4) is 11.5 Å². The Morgan fingerprint density at radius 3 is 2.43 bits per heavy atom. The van der Waals surface area contributed by atoms with Gasteiger partial charge in [-0.25, -0.2) is 4.52 Å². The van der Waals surface area contributed by atoms with Crippen molar-refractivity contribution in [2.45, 2.75) is 13.8 Å². The van der Waals surface area contributed by atoms with Crippen molar-refractivity contribution in [3.05, 3.63) is 34.3 Å². The summed E-state index contributed by atoms with van der Waals surface area (Å²) in [7, 11) is 3.01. The highest BCUT2D eigenvalue weighted by Gasteiger charge is 2.20. The molecule has 1 N–H and O–H groups in total. The minimum Gasteiger partial charge on any atom is -0.496 e. The molecule has 1 amide bonds. The zero-order valence-electron chi connectivity index (χ0n) is 13.2. The molecule has 8 heteroatoms. The lowest BCUT2D eigenvalue weighted by atomic mass is 10.1. The maximum atomic E-state index is 12.6. The van der Waals surface area contributed by atoms with Gasteiger partial charge in [0, 0.05) is 4.88 Å². The summed E-state index contributed by atoms with van der Waals surface area (Å²) in [4.78, 5) is 18.8. The first-order valence-electron chi connectivity index (χ1n) is 6.90. The highest BCUT2D eigenvalue weighted by Crippen LogP contribution is 2.29. The Kier molecular flexibility index (Phi) is 3.91. The Hall–Kier alpha value is -2.61. The molecule has 3 rings (SSSR count). The Morgan fingerprint density at radius 2 is 1.87 bits per heavy atom. The molecule has 2 heterocycles. The SMILES string of the molecule is COc1cccc(OC)c1C(=O)Nc1nc2sc(C)c(C)n2n1. The fourth-order valence-corrected chi connectivity index (χ4v) is 3.14. The van der Waals surface area contributed by atoms with Gasteiger partial charge in [0.05, 0.1) is 19.9 Å². The standard InChI is InChI=1S/C15H16N4O3S/c1-8-9(2)23-15-17-14(18-19(8)15)16-13(20)12-10(21-3)6-5-7-11(12)22-4/h5-7H,1-4H3,(H,16,18,20). The molecule has 0 radical (unpaired) electrons. The highest BCUT2D eigenvalue weighted by atomic mass is 32.1. The number of aryl methyl sites for hydroxylation is 2. The van der Waals surface area contributed by atoms with Gasteiger partial charge in [-0.1, -0.05) is 17.4 Å². The third-order valence-electron chi connectivity index (χ3n) is 3.53. The zero-order valence-corrected chi connectivity index (χ0v) is 14.0. The summed E-state index contributed by atoms with van der Waals surface area (Å²) < 4.78 is 12.2. The van der Waals surface area contributed by atoms with Gasteiger partial charge in [-0.15, -0.1) is 5.10 Å². The molecule has 7 nitrogen and oxygen atoms in total. The number of anilines is 1. The monoisotopic (exact) mass is 332 g/mol. The zero-order chi connectivity index (χ0) is 16.6. The van der Waals surface area contributed by atoms with Crippen LogP contribution in [0.15, 0.2) is 18.2 Å². The highest BCUT2D eigenvalue weighted by molar-refractivity contribution is 7.17. The van der Waals surface area contributed by atoms with Gasteiger partial charge in [-0.05, 0) is 26.0 Å². The van der Waals surface area contributed by atoms with Gasteiger partial charge in [0.15, 0.2) is 0 Å². The summed E-state index contributed by atoms with van der Waals surface area (Å²) in [5, 5.41) is 7.01. The van der Waals surface area contributed by atoms with Crippen molar-refractivity contribution >= 4 is 28.2 Å². The van der Waals surface area contributed by atoms with Crippen LogP contribution in [-0.4, -0.2) is 34.7 Å². The summed E-state index contributed by atoms with van der Waals surface area (Å²) in [5.74, 6) is 0.717. The molecule has 0 aliphatic carbocycles. The van der Waals surface area contributed by atoms with Crippen LogP contribution in [0.5, 0.6) is 11.5 Å². The van der Waals surface area contributed by atoms with E-state index in [1.807, 2.05) is 13.8 Å². The van der Waals surface area contributed by atoms with Crippen LogP contribution in [0.1, 0.15) is 20.9 Å². The number of fused-ring (bicyclic) bond motifs is 1. The van der Waals surface area contributed by atoms with Crippen molar-refractivity contribution in [2.75, 3.05) is 19.5 Å². The normalized spacial score (nSPS) is 10.8. The first-order chi connectivity index (χ1) is 11.0. The molecule has 1 aromatic carbocycles. The van der Waals surface area contributed by atoms with Crippen LogP contribution in [0, 0.1) is 13.8 Å². The van der Waals surface area contributed by atoms with Crippen molar-refractivity contribution in [1.29, 1.82) is 0 Å². The lowest BCUT2D eigenvalue weighted by Gasteiger charge is -2.11. The molecule has 0 saturated heterocycles. The molecule has 3 aromatic rings. The maximum absolute atomic E-state index is 12.6. The minimum atomic E-state index is -0.382. The number of nitrogens with one attached hydrogen (secondary N) is 1. The first-order valence-corrected chi connectivity index (χ1v) is 7.72. The van der Waals surface area contributed by atoms with E-state index in [-0.39, 0.29) is 11.9 Å².